The second-order valence-corrected chi connectivity index (χ2v) is 5.77. The maximum Gasteiger partial charge on any atom is 0.178 e. The highest BCUT2D eigenvalue weighted by Gasteiger charge is 2.17. The molecule has 0 unspecified atom stereocenters. The van der Waals surface area contributed by atoms with E-state index in [-0.39, 0.29) is 5.02 Å². The molecule has 1 N–H and O–H groups in total. The second-order valence-electron chi connectivity index (χ2n) is 4.97. The number of nitrogens with one attached hydrogen (secondary N) is 1. The number of nitrogens with zero attached hydrogens (tertiary/aromatic N) is 1. The van der Waals surface area contributed by atoms with Gasteiger partial charge in [0.15, 0.2) is 4.77 Å². The number of imidazole rings is 1. The largest absolute Gasteiger partial charge is 0.331 e. The molecule has 1 fully saturated rings. The summed E-state index contributed by atoms with van der Waals surface area (Å²) in [6.07, 6.45) is 5.07. The van der Waals surface area contributed by atoms with Gasteiger partial charge in [-0.25, -0.2) is 4.39 Å². The number of aromatic amines is 1. The molecule has 0 amide bonds. The standard InChI is InChI=1S/C13H14ClFN2S/c14-9-5-11-12(6-10(9)15)17(13(18)16-11)7-8-3-1-2-4-8/h5-6,8H,1-4,7H2,(H,16,18). The van der Waals surface area contributed by atoms with Gasteiger partial charge in [-0.15, -0.1) is 0 Å². The molecule has 1 aromatic carbocycles. The summed E-state index contributed by atoms with van der Waals surface area (Å²) in [5.41, 5.74) is 1.62. The number of benzene rings is 1. The van der Waals surface area contributed by atoms with Gasteiger partial charge >= 0.3 is 0 Å². The van der Waals surface area contributed by atoms with Crippen LogP contribution < -0.4 is 0 Å². The van der Waals surface area contributed by atoms with E-state index in [2.05, 4.69) is 4.98 Å². The number of aromatic nitrogens is 2. The molecular weight excluding hydrogens is 271 g/mol. The van der Waals surface area contributed by atoms with Crippen molar-refractivity contribution >= 4 is 34.9 Å². The minimum atomic E-state index is -0.390. The molecule has 2 nitrogen and oxygen atoms in total. The maximum absolute atomic E-state index is 13.6. The fourth-order valence-corrected chi connectivity index (χ4v) is 3.23. The summed E-state index contributed by atoms with van der Waals surface area (Å²) < 4.78 is 16.2. The van der Waals surface area contributed by atoms with Gasteiger partial charge in [-0.1, -0.05) is 24.4 Å². The van der Waals surface area contributed by atoms with Crippen LogP contribution in [0.5, 0.6) is 0 Å². The molecule has 0 spiro atoms. The fourth-order valence-electron chi connectivity index (χ4n) is 2.78. The third-order valence-electron chi connectivity index (χ3n) is 3.73. The summed E-state index contributed by atoms with van der Waals surface area (Å²) in [5, 5.41) is 0.131. The van der Waals surface area contributed by atoms with Gasteiger partial charge in [0.05, 0.1) is 16.1 Å². The molecule has 1 aliphatic carbocycles. The summed E-state index contributed by atoms with van der Waals surface area (Å²) in [6.45, 7) is 0.875. The highest BCUT2D eigenvalue weighted by Crippen LogP contribution is 2.29. The Bertz CT molecular complexity index is 640. The molecule has 0 bridgehead atoms. The predicted octanol–water partition coefficient (Wildman–Crippen LogP) is 4.68. The third-order valence-corrected chi connectivity index (χ3v) is 4.34. The Hall–Kier alpha value is -0.870. The van der Waals surface area contributed by atoms with Crippen LogP contribution in [0.25, 0.3) is 11.0 Å². The molecule has 0 radical (unpaired) electrons. The first kappa shape index (κ1) is 12.2. The molecule has 3 rings (SSSR count). The lowest BCUT2D eigenvalue weighted by atomic mass is 10.1. The number of fused-ring (bicyclic) bond motifs is 1. The number of hydrogen-bond donors (Lipinski definition) is 1. The molecule has 0 saturated heterocycles. The van der Waals surface area contributed by atoms with Crippen LogP contribution in [0.2, 0.25) is 5.02 Å². The van der Waals surface area contributed by atoms with Gasteiger partial charge < -0.3 is 9.55 Å². The summed E-state index contributed by atoms with van der Waals surface area (Å²) in [6, 6.07) is 3.08. The molecule has 1 saturated carbocycles. The van der Waals surface area contributed by atoms with Crippen molar-refractivity contribution in [3.8, 4) is 0 Å². The molecule has 5 heteroatoms. The van der Waals surface area contributed by atoms with Crippen molar-refractivity contribution in [1.82, 2.24) is 9.55 Å². The topological polar surface area (TPSA) is 20.7 Å². The van der Waals surface area contributed by atoms with E-state index >= 15 is 0 Å². The van der Waals surface area contributed by atoms with Crippen LogP contribution in [0.15, 0.2) is 12.1 Å². The van der Waals surface area contributed by atoms with Crippen molar-refractivity contribution in [2.45, 2.75) is 32.2 Å². The third kappa shape index (κ3) is 2.08. The van der Waals surface area contributed by atoms with Crippen LogP contribution >= 0.6 is 23.8 Å². The highest BCUT2D eigenvalue weighted by molar-refractivity contribution is 7.71. The molecule has 0 atom stereocenters. The van der Waals surface area contributed by atoms with Crippen LogP contribution in [0.1, 0.15) is 25.7 Å². The molecule has 1 aliphatic rings. The first-order valence-corrected chi connectivity index (χ1v) is 7.01. The SMILES string of the molecule is Fc1cc2c(cc1Cl)[nH]c(=S)n2CC1CCCC1. The van der Waals surface area contributed by atoms with E-state index in [1.54, 1.807) is 6.07 Å². The molecule has 2 aromatic rings. The number of rotatable bonds is 2. The lowest BCUT2D eigenvalue weighted by molar-refractivity contribution is 0.461. The number of hydrogen-bond acceptors (Lipinski definition) is 1. The number of halogens is 2. The second kappa shape index (κ2) is 4.67. The zero-order chi connectivity index (χ0) is 12.7. The fraction of sp³-hybridized carbons (Fsp3) is 0.462. The zero-order valence-electron chi connectivity index (χ0n) is 9.88. The van der Waals surface area contributed by atoms with Gasteiger partial charge in [0.1, 0.15) is 5.82 Å². The normalized spacial score (nSPS) is 16.8. The van der Waals surface area contributed by atoms with Gasteiger partial charge in [-0.3, -0.25) is 0 Å². The molecule has 18 heavy (non-hydrogen) atoms. The Morgan fingerprint density at radius 3 is 2.83 bits per heavy atom. The van der Waals surface area contributed by atoms with Crippen LogP contribution in [0.4, 0.5) is 4.39 Å². The van der Waals surface area contributed by atoms with Crippen molar-refractivity contribution in [1.29, 1.82) is 0 Å². The Balaban J connectivity index is 2.07. The molecule has 96 valence electrons. The van der Waals surface area contributed by atoms with Gasteiger partial charge in [0, 0.05) is 12.6 Å². The summed E-state index contributed by atoms with van der Waals surface area (Å²) in [7, 11) is 0. The van der Waals surface area contributed by atoms with Crippen molar-refractivity contribution in [3.63, 3.8) is 0 Å². The van der Waals surface area contributed by atoms with E-state index in [0.717, 1.165) is 17.6 Å². The van der Waals surface area contributed by atoms with Gasteiger partial charge in [0.2, 0.25) is 0 Å². The monoisotopic (exact) mass is 284 g/mol. The summed E-state index contributed by atoms with van der Waals surface area (Å²) in [4.78, 5) is 3.10. The number of H-pyrrole nitrogens is 1. The lowest BCUT2D eigenvalue weighted by Crippen LogP contribution is -2.07. The van der Waals surface area contributed by atoms with Crippen LogP contribution in [-0.4, -0.2) is 9.55 Å². The highest BCUT2D eigenvalue weighted by atomic mass is 35.5. The Labute approximate surface area is 115 Å². The van der Waals surface area contributed by atoms with Gasteiger partial charge in [-0.2, -0.15) is 0 Å². The first-order valence-electron chi connectivity index (χ1n) is 6.22. The predicted molar refractivity (Wildman–Crippen MR) is 74.0 cm³/mol. The van der Waals surface area contributed by atoms with Crippen LogP contribution in [-0.2, 0) is 6.54 Å². The smallest absolute Gasteiger partial charge is 0.178 e. The summed E-state index contributed by atoms with van der Waals surface area (Å²) in [5.74, 6) is 0.271. The van der Waals surface area contributed by atoms with E-state index in [0.29, 0.717) is 10.7 Å². The Morgan fingerprint density at radius 2 is 2.11 bits per heavy atom. The van der Waals surface area contributed by atoms with Crippen LogP contribution in [0, 0.1) is 16.5 Å². The van der Waals surface area contributed by atoms with Crippen molar-refractivity contribution in [3.05, 3.63) is 27.7 Å². The minimum Gasteiger partial charge on any atom is -0.331 e. The zero-order valence-corrected chi connectivity index (χ0v) is 11.5. The van der Waals surface area contributed by atoms with E-state index in [1.165, 1.54) is 31.7 Å². The molecule has 0 aliphatic heterocycles. The van der Waals surface area contributed by atoms with Gasteiger partial charge in [0.25, 0.3) is 0 Å². The average Bonchev–Trinajstić information content (AvgIpc) is 2.92. The van der Waals surface area contributed by atoms with Gasteiger partial charge in [-0.05, 0) is 37.0 Å². The first-order chi connectivity index (χ1) is 8.65. The van der Waals surface area contributed by atoms with Crippen molar-refractivity contribution in [2.24, 2.45) is 5.92 Å². The minimum absolute atomic E-state index is 0.131. The lowest BCUT2D eigenvalue weighted by Gasteiger charge is -2.11. The van der Waals surface area contributed by atoms with E-state index in [9.17, 15) is 4.39 Å². The molecule has 1 aromatic heterocycles. The summed E-state index contributed by atoms with van der Waals surface area (Å²) >= 11 is 11.1. The van der Waals surface area contributed by atoms with Crippen LogP contribution in [0.3, 0.4) is 0 Å². The van der Waals surface area contributed by atoms with E-state index in [1.807, 2.05) is 4.57 Å². The van der Waals surface area contributed by atoms with E-state index in [4.69, 9.17) is 23.8 Å². The van der Waals surface area contributed by atoms with Crippen molar-refractivity contribution in [2.75, 3.05) is 0 Å². The maximum atomic E-state index is 13.6. The molecular formula is C13H14ClFN2S. The Morgan fingerprint density at radius 1 is 1.39 bits per heavy atom. The average molecular weight is 285 g/mol. The Kier molecular flexibility index (Phi) is 3.16. The molecule has 1 heterocycles. The van der Waals surface area contributed by atoms with E-state index < -0.39 is 5.82 Å². The van der Waals surface area contributed by atoms with Crippen molar-refractivity contribution < 1.29 is 4.39 Å². The quantitative estimate of drug-likeness (QED) is 0.794.